The Bertz CT molecular complexity index is 657. The SMILES string of the molecule is CC(NC(=O)OC(C)(C)C)C1CCCN(c2cc(Cl)nc(C3CC3)n2)C1. The van der Waals surface area contributed by atoms with Gasteiger partial charge in [-0.05, 0) is 59.3 Å². The van der Waals surface area contributed by atoms with Crippen molar-refractivity contribution in [2.24, 2.45) is 5.92 Å². The smallest absolute Gasteiger partial charge is 0.407 e. The number of anilines is 1. The van der Waals surface area contributed by atoms with Crippen LogP contribution in [0.2, 0.25) is 5.15 Å². The predicted octanol–water partition coefficient (Wildman–Crippen LogP) is 4.14. The van der Waals surface area contributed by atoms with Crippen LogP contribution in [0, 0.1) is 5.92 Å². The number of nitrogens with zero attached hydrogens (tertiary/aromatic N) is 3. The molecule has 1 saturated heterocycles. The van der Waals surface area contributed by atoms with Gasteiger partial charge >= 0.3 is 6.09 Å². The molecule has 2 aliphatic rings. The van der Waals surface area contributed by atoms with Crippen molar-refractivity contribution in [2.45, 2.75) is 70.9 Å². The molecule has 1 amide bonds. The van der Waals surface area contributed by atoms with Gasteiger partial charge in [0.05, 0.1) is 0 Å². The van der Waals surface area contributed by atoms with E-state index >= 15 is 0 Å². The maximum atomic E-state index is 12.0. The summed E-state index contributed by atoms with van der Waals surface area (Å²) < 4.78 is 5.37. The molecule has 0 aromatic carbocycles. The van der Waals surface area contributed by atoms with Crippen molar-refractivity contribution in [1.82, 2.24) is 15.3 Å². The normalized spacial score (nSPS) is 22.0. The highest BCUT2D eigenvalue weighted by Gasteiger charge is 2.30. The second kappa shape index (κ2) is 7.59. The number of aromatic nitrogens is 2. The molecule has 0 bridgehead atoms. The van der Waals surface area contributed by atoms with E-state index in [1.54, 1.807) is 0 Å². The number of rotatable bonds is 4. The minimum absolute atomic E-state index is 0.0351. The largest absolute Gasteiger partial charge is 0.444 e. The van der Waals surface area contributed by atoms with Crippen LogP contribution in [0.25, 0.3) is 0 Å². The van der Waals surface area contributed by atoms with E-state index in [-0.39, 0.29) is 12.1 Å². The highest BCUT2D eigenvalue weighted by molar-refractivity contribution is 6.29. The van der Waals surface area contributed by atoms with Crippen LogP contribution in [0.1, 0.15) is 65.1 Å². The molecular weight excluding hydrogens is 352 g/mol. The zero-order valence-corrected chi connectivity index (χ0v) is 16.8. The molecule has 1 N–H and O–H groups in total. The Morgan fingerprint density at radius 2 is 2.08 bits per heavy atom. The summed E-state index contributed by atoms with van der Waals surface area (Å²) in [6, 6.07) is 1.88. The van der Waals surface area contributed by atoms with Gasteiger partial charge in [-0.25, -0.2) is 14.8 Å². The summed E-state index contributed by atoms with van der Waals surface area (Å²) in [4.78, 5) is 23.4. The van der Waals surface area contributed by atoms with E-state index in [2.05, 4.69) is 15.2 Å². The van der Waals surface area contributed by atoms with Gasteiger partial charge in [0.1, 0.15) is 22.4 Å². The summed E-state index contributed by atoms with van der Waals surface area (Å²) in [6.07, 6.45) is 4.08. The topological polar surface area (TPSA) is 67.3 Å². The Morgan fingerprint density at radius 3 is 2.73 bits per heavy atom. The monoisotopic (exact) mass is 380 g/mol. The minimum atomic E-state index is -0.487. The van der Waals surface area contributed by atoms with Crippen molar-refractivity contribution in [3.63, 3.8) is 0 Å². The van der Waals surface area contributed by atoms with Crippen LogP contribution >= 0.6 is 11.6 Å². The number of piperidine rings is 1. The summed E-state index contributed by atoms with van der Waals surface area (Å²) in [6.45, 7) is 9.45. The molecule has 1 aliphatic heterocycles. The lowest BCUT2D eigenvalue weighted by Crippen LogP contribution is -2.47. The highest BCUT2D eigenvalue weighted by atomic mass is 35.5. The molecule has 2 unspecified atom stereocenters. The molecule has 2 fully saturated rings. The van der Waals surface area contributed by atoms with E-state index in [1.807, 2.05) is 33.8 Å². The maximum Gasteiger partial charge on any atom is 0.407 e. The number of halogens is 1. The summed E-state index contributed by atoms with van der Waals surface area (Å²) in [5, 5.41) is 3.50. The third kappa shape index (κ3) is 5.22. The van der Waals surface area contributed by atoms with Gasteiger partial charge in [-0.1, -0.05) is 11.6 Å². The first kappa shape index (κ1) is 19.2. The maximum absolute atomic E-state index is 12.0. The van der Waals surface area contributed by atoms with E-state index in [0.29, 0.717) is 17.0 Å². The molecule has 2 atom stereocenters. The fourth-order valence-electron chi connectivity index (χ4n) is 3.35. The number of alkyl carbamates (subject to hydrolysis) is 1. The van der Waals surface area contributed by atoms with Crippen LogP contribution in [-0.2, 0) is 4.74 Å². The van der Waals surface area contributed by atoms with E-state index in [4.69, 9.17) is 21.3 Å². The lowest BCUT2D eigenvalue weighted by atomic mass is 9.91. The average molecular weight is 381 g/mol. The fourth-order valence-corrected chi connectivity index (χ4v) is 3.53. The van der Waals surface area contributed by atoms with Gasteiger partial charge in [0.15, 0.2) is 0 Å². The molecule has 1 aromatic heterocycles. The van der Waals surface area contributed by atoms with Crippen molar-refractivity contribution in [3.8, 4) is 0 Å². The first-order valence-electron chi connectivity index (χ1n) is 9.50. The van der Waals surface area contributed by atoms with Gasteiger partial charge in [-0.15, -0.1) is 0 Å². The molecule has 0 radical (unpaired) electrons. The quantitative estimate of drug-likeness (QED) is 0.795. The van der Waals surface area contributed by atoms with Gasteiger partial charge in [0, 0.05) is 31.1 Å². The van der Waals surface area contributed by atoms with E-state index < -0.39 is 5.60 Å². The Hall–Kier alpha value is -1.56. The molecule has 1 aliphatic carbocycles. The molecule has 3 rings (SSSR count). The van der Waals surface area contributed by atoms with Crippen molar-refractivity contribution >= 4 is 23.5 Å². The van der Waals surface area contributed by atoms with E-state index in [9.17, 15) is 4.79 Å². The molecule has 1 aromatic rings. The van der Waals surface area contributed by atoms with Gasteiger partial charge in [0.2, 0.25) is 0 Å². The molecule has 26 heavy (non-hydrogen) atoms. The summed E-state index contributed by atoms with van der Waals surface area (Å²) in [7, 11) is 0. The van der Waals surface area contributed by atoms with Crippen molar-refractivity contribution in [2.75, 3.05) is 18.0 Å². The lowest BCUT2D eigenvalue weighted by molar-refractivity contribution is 0.0489. The van der Waals surface area contributed by atoms with E-state index in [0.717, 1.165) is 50.4 Å². The molecule has 7 heteroatoms. The van der Waals surface area contributed by atoms with Crippen LogP contribution < -0.4 is 10.2 Å². The predicted molar refractivity (Wildman–Crippen MR) is 103 cm³/mol. The van der Waals surface area contributed by atoms with Crippen molar-refractivity contribution < 1.29 is 9.53 Å². The number of carbonyl (C=O) groups excluding carboxylic acids is 1. The number of nitrogens with one attached hydrogen (secondary N) is 1. The standard InChI is InChI=1S/C19H29ClN4O2/c1-12(21-18(25)26-19(2,3)4)14-6-5-9-24(11-14)16-10-15(20)22-17(23-16)13-7-8-13/h10,12-14H,5-9,11H2,1-4H3,(H,21,25). The second-order valence-corrected chi connectivity index (χ2v) is 8.85. The van der Waals surface area contributed by atoms with Gasteiger partial charge in [-0.3, -0.25) is 0 Å². The number of amides is 1. The highest BCUT2D eigenvalue weighted by Crippen LogP contribution is 2.39. The van der Waals surface area contributed by atoms with Crippen LogP contribution in [0.5, 0.6) is 0 Å². The summed E-state index contributed by atoms with van der Waals surface area (Å²) in [5.41, 5.74) is -0.487. The Morgan fingerprint density at radius 1 is 1.35 bits per heavy atom. The molecule has 6 nitrogen and oxygen atoms in total. The summed E-state index contributed by atoms with van der Waals surface area (Å²) >= 11 is 6.22. The molecular formula is C19H29ClN4O2. The van der Waals surface area contributed by atoms with Crippen molar-refractivity contribution in [1.29, 1.82) is 0 Å². The molecule has 1 saturated carbocycles. The summed E-state index contributed by atoms with van der Waals surface area (Å²) in [5.74, 6) is 2.59. The van der Waals surface area contributed by atoms with Gasteiger partial charge in [0.25, 0.3) is 0 Å². The number of carbonyl (C=O) groups is 1. The zero-order valence-electron chi connectivity index (χ0n) is 16.1. The number of hydrogen-bond acceptors (Lipinski definition) is 5. The fraction of sp³-hybridized carbons (Fsp3) is 0.737. The Balaban J connectivity index is 1.63. The lowest BCUT2D eigenvalue weighted by Gasteiger charge is -2.37. The minimum Gasteiger partial charge on any atom is -0.444 e. The number of hydrogen-bond donors (Lipinski definition) is 1. The molecule has 2 heterocycles. The Labute approximate surface area is 160 Å². The van der Waals surface area contributed by atoms with Gasteiger partial charge < -0.3 is 15.0 Å². The molecule has 0 spiro atoms. The Kier molecular flexibility index (Phi) is 5.61. The van der Waals surface area contributed by atoms with Crippen molar-refractivity contribution in [3.05, 3.63) is 17.0 Å². The van der Waals surface area contributed by atoms with Crippen LogP contribution in [0.3, 0.4) is 0 Å². The third-order valence-electron chi connectivity index (χ3n) is 4.87. The third-order valence-corrected chi connectivity index (χ3v) is 5.07. The number of ether oxygens (including phenoxy) is 1. The first-order chi connectivity index (χ1) is 12.2. The van der Waals surface area contributed by atoms with Crippen LogP contribution in [0.15, 0.2) is 6.07 Å². The van der Waals surface area contributed by atoms with Gasteiger partial charge in [-0.2, -0.15) is 0 Å². The van der Waals surface area contributed by atoms with Crippen LogP contribution in [-0.4, -0.2) is 40.8 Å². The zero-order chi connectivity index (χ0) is 18.9. The van der Waals surface area contributed by atoms with Crippen LogP contribution in [0.4, 0.5) is 10.6 Å². The second-order valence-electron chi connectivity index (χ2n) is 8.46. The van der Waals surface area contributed by atoms with E-state index in [1.165, 1.54) is 0 Å². The molecule has 144 valence electrons. The first-order valence-corrected chi connectivity index (χ1v) is 9.88. The average Bonchev–Trinajstić information content (AvgIpc) is 3.37.